The van der Waals surface area contributed by atoms with Gasteiger partial charge in [0, 0.05) is 6.54 Å². The molecule has 1 N–H and O–H groups in total. The summed E-state index contributed by atoms with van der Waals surface area (Å²) in [6.45, 7) is 7.07. The summed E-state index contributed by atoms with van der Waals surface area (Å²) in [6.07, 6.45) is 0. The van der Waals surface area contributed by atoms with Gasteiger partial charge >= 0.3 is 0 Å². The largest absolute Gasteiger partial charge is 0.300 e. The highest BCUT2D eigenvalue weighted by Crippen LogP contribution is 2.26. The topological polar surface area (TPSA) is 57.6 Å². The first-order valence-electron chi connectivity index (χ1n) is 7.34. The Kier molecular flexibility index (Phi) is 5.34. The molecular formula is C17H21NO3S. The summed E-state index contributed by atoms with van der Waals surface area (Å²) in [6, 6.07) is 14.4. The summed E-state index contributed by atoms with van der Waals surface area (Å²) >= 11 is 0. The molecule has 22 heavy (non-hydrogen) atoms. The van der Waals surface area contributed by atoms with Crippen molar-refractivity contribution in [2.75, 3.05) is 13.1 Å². The number of hydrogen-bond donors (Lipinski definition) is 1. The molecule has 0 aromatic heterocycles. The average Bonchev–Trinajstić information content (AvgIpc) is 2.52. The Bertz CT molecular complexity index is 720. The summed E-state index contributed by atoms with van der Waals surface area (Å²) in [7, 11) is -4.15. The van der Waals surface area contributed by atoms with Gasteiger partial charge in [-0.1, -0.05) is 50.2 Å². The first kappa shape index (κ1) is 16.7. The van der Waals surface area contributed by atoms with E-state index in [1.807, 2.05) is 18.2 Å². The molecule has 0 atom stereocenters. The molecule has 0 heterocycles. The van der Waals surface area contributed by atoms with Crippen molar-refractivity contribution in [3.8, 4) is 11.1 Å². The van der Waals surface area contributed by atoms with Crippen molar-refractivity contribution in [1.82, 2.24) is 4.90 Å². The molecule has 2 aromatic rings. The molecular weight excluding hydrogens is 298 g/mol. The normalized spacial score (nSPS) is 11.8. The summed E-state index contributed by atoms with van der Waals surface area (Å²) < 4.78 is 31.3. The Morgan fingerprint density at radius 3 is 2.09 bits per heavy atom. The molecule has 0 saturated heterocycles. The summed E-state index contributed by atoms with van der Waals surface area (Å²) in [5, 5.41) is 0. The van der Waals surface area contributed by atoms with Crippen LogP contribution >= 0.6 is 0 Å². The monoisotopic (exact) mass is 319 g/mol. The first-order chi connectivity index (χ1) is 10.5. The van der Waals surface area contributed by atoms with E-state index in [4.69, 9.17) is 4.55 Å². The smallest absolute Gasteiger partial charge is 0.294 e. The van der Waals surface area contributed by atoms with E-state index < -0.39 is 10.1 Å². The lowest BCUT2D eigenvalue weighted by Crippen LogP contribution is -2.22. The third kappa shape index (κ3) is 3.94. The lowest BCUT2D eigenvalue weighted by atomic mass is 9.99. The van der Waals surface area contributed by atoms with Gasteiger partial charge in [-0.15, -0.1) is 0 Å². The van der Waals surface area contributed by atoms with Crippen molar-refractivity contribution in [2.45, 2.75) is 25.3 Å². The van der Waals surface area contributed by atoms with Crippen LogP contribution in [-0.4, -0.2) is 31.0 Å². The third-order valence-corrected chi connectivity index (χ3v) is 4.64. The van der Waals surface area contributed by atoms with Crippen molar-refractivity contribution in [3.63, 3.8) is 0 Å². The van der Waals surface area contributed by atoms with E-state index in [-0.39, 0.29) is 4.90 Å². The van der Waals surface area contributed by atoms with Crippen LogP contribution in [0.25, 0.3) is 11.1 Å². The fourth-order valence-corrected chi connectivity index (χ4v) is 2.91. The highest BCUT2D eigenvalue weighted by molar-refractivity contribution is 7.85. The molecule has 5 heteroatoms. The number of benzene rings is 2. The lowest BCUT2D eigenvalue weighted by molar-refractivity contribution is 0.296. The van der Waals surface area contributed by atoms with Gasteiger partial charge in [0.05, 0.1) is 4.90 Å². The molecule has 2 aromatic carbocycles. The Morgan fingerprint density at radius 1 is 0.955 bits per heavy atom. The molecule has 0 aliphatic rings. The molecule has 0 aliphatic carbocycles. The molecule has 118 valence electrons. The van der Waals surface area contributed by atoms with E-state index in [2.05, 4.69) is 24.8 Å². The van der Waals surface area contributed by atoms with Gasteiger partial charge < -0.3 is 0 Å². The molecule has 0 radical (unpaired) electrons. The minimum Gasteiger partial charge on any atom is -0.300 e. The lowest BCUT2D eigenvalue weighted by Gasteiger charge is -2.20. The van der Waals surface area contributed by atoms with Gasteiger partial charge in [-0.25, -0.2) is 0 Å². The van der Waals surface area contributed by atoms with Crippen LogP contribution in [0.3, 0.4) is 0 Å². The predicted molar refractivity (Wildman–Crippen MR) is 88.3 cm³/mol. The molecule has 0 fully saturated rings. The van der Waals surface area contributed by atoms with E-state index >= 15 is 0 Å². The fraction of sp³-hybridized carbons (Fsp3) is 0.294. The highest BCUT2D eigenvalue weighted by Gasteiger charge is 2.11. The fourth-order valence-electron chi connectivity index (χ4n) is 2.43. The van der Waals surface area contributed by atoms with Crippen LogP contribution in [0.4, 0.5) is 0 Å². The van der Waals surface area contributed by atoms with Gasteiger partial charge in [0.25, 0.3) is 10.1 Å². The molecule has 0 unspecified atom stereocenters. The Labute approximate surface area is 132 Å². The minimum atomic E-state index is -4.15. The maximum absolute atomic E-state index is 11.1. The summed E-state index contributed by atoms with van der Waals surface area (Å²) in [5.74, 6) is 0. The van der Waals surface area contributed by atoms with Crippen LogP contribution in [0.2, 0.25) is 0 Å². The molecule has 0 saturated carbocycles. The molecule has 0 bridgehead atoms. The second-order valence-corrected chi connectivity index (χ2v) is 6.54. The molecule has 0 spiro atoms. The number of rotatable bonds is 6. The van der Waals surface area contributed by atoms with E-state index in [1.165, 1.54) is 17.7 Å². The maximum atomic E-state index is 11.1. The Balaban J connectivity index is 2.36. The summed E-state index contributed by atoms with van der Waals surface area (Å²) in [5.41, 5.74) is 3.22. The number of hydrogen-bond acceptors (Lipinski definition) is 3. The zero-order valence-electron chi connectivity index (χ0n) is 12.9. The zero-order valence-corrected chi connectivity index (χ0v) is 13.7. The van der Waals surface area contributed by atoms with Crippen LogP contribution < -0.4 is 0 Å². The standard InChI is InChI=1S/C17H21NO3S/c1-3-18(4-2)13-15-7-5-6-8-17(15)14-9-11-16(12-10-14)22(19,20)21/h5-12H,3-4,13H2,1-2H3,(H,19,20,21). The quantitative estimate of drug-likeness (QED) is 0.829. The van der Waals surface area contributed by atoms with Crippen LogP contribution in [-0.2, 0) is 16.7 Å². The molecule has 0 aliphatic heterocycles. The van der Waals surface area contributed by atoms with Crippen LogP contribution in [0.5, 0.6) is 0 Å². The molecule has 4 nitrogen and oxygen atoms in total. The van der Waals surface area contributed by atoms with Crippen molar-refractivity contribution in [2.24, 2.45) is 0 Å². The molecule has 0 amide bonds. The van der Waals surface area contributed by atoms with E-state index in [1.54, 1.807) is 12.1 Å². The summed E-state index contributed by atoms with van der Waals surface area (Å²) in [4.78, 5) is 2.24. The molecule has 2 rings (SSSR count). The Morgan fingerprint density at radius 2 is 1.55 bits per heavy atom. The number of nitrogens with zero attached hydrogens (tertiary/aromatic N) is 1. The van der Waals surface area contributed by atoms with Crippen LogP contribution in [0.1, 0.15) is 19.4 Å². The van der Waals surface area contributed by atoms with Crippen molar-refractivity contribution < 1.29 is 13.0 Å². The van der Waals surface area contributed by atoms with Gasteiger partial charge in [-0.2, -0.15) is 8.42 Å². The van der Waals surface area contributed by atoms with E-state index in [9.17, 15) is 8.42 Å². The Hall–Kier alpha value is -1.69. The SMILES string of the molecule is CCN(CC)Cc1ccccc1-c1ccc(S(=O)(=O)O)cc1. The van der Waals surface area contributed by atoms with Gasteiger partial charge in [0.1, 0.15) is 0 Å². The maximum Gasteiger partial charge on any atom is 0.294 e. The van der Waals surface area contributed by atoms with Gasteiger partial charge in [-0.3, -0.25) is 9.45 Å². The van der Waals surface area contributed by atoms with E-state index in [0.29, 0.717) is 0 Å². The second kappa shape index (κ2) is 7.05. The van der Waals surface area contributed by atoms with Gasteiger partial charge in [0.15, 0.2) is 0 Å². The predicted octanol–water partition coefficient (Wildman–Crippen LogP) is 3.44. The second-order valence-electron chi connectivity index (χ2n) is 5.12. The van der Waals surface area contributed by atoms with Crippen molar-refractivity contribution in [1.29, 1.82) is 0 Å². The van der Waals surface area contributed by atoms with Gasteiger partial charge in [-0.05, 0) is 41.9 Å². The first-order valence-corrected chi connectivity index (χ1v) is 8.78. The van der Waals surface area contributed by atoms with Gasteiger partial charge in [0.2, 0.25) is 0 Å². The minimum absolute atomic E-state index is 0.0857. The van der Waals surface area contributed by atoms with Crippen molar-refractivity contribution >= 4 is 10.1 Å². The highest BCUT2D eigenvalue weighted by atomic mass is 32.2. The van der Waals surface area contributed by atoms with Crippen molar-refractivity contribution in [3.05, 3.63) is 54.1 Å². The van der Waals surface area contributed by atoms with Crippen LogP contribution in [0.15, 0.2) is 53.4 Å². The zero-order chi connectivity index (χ0) is 16.2. The van der Waals surface area contributed by atoms with E-state index in [0.717, 1.165) is 30.8 Å². The van der Waals surface area contributed by atoms with Crippen LogP contribution in [0, 0.1) is 0 Å². The average molecular weight is 319 g/mol. The third-order valence-electron chi connectivity index (χ3n) is 3.77.